The molecule has 2 aliphatic rings. The number of nitrogens with zero attached hydrogens (tertiary/aromatic N) is 3. The zero-order valence-corrected chi connectivity index (χ0v) is 21.0. The number of halogens is 5. The van der Waals surface area contributed by atoms with Crippen LogP contribution in [0.15, 0.2) is 47.4 Å². The van der Waals surface area contributed by atoms with Crippen molar-refractivity contribution < 1.29 is 26.4 Å². The summed E-state index contributed by atoms with van der Waals surface area (Å²) in [5.74, 6) is -0.651. The van der Waals surface area contributed by atoms with Crippen molar-refractivity contribution in [1.82, 2.24) is 9.21 Å². The summed E-state index contributed by atoms with van der Waals surface area (Å²) in [7, 11) is -3.93. The first-order valence-corrected chi connectivity index (χ1v) is 13.3. The summed E-state index contributed by atoms with van der Waals surface area (Å²) in [4.78, 5) is 16.6. The van der Waals surface area contributed by atoms with E-state index in [1.54, 1.807) is 11.0 Å². The Morgan fingerprint density at radius 3 is 2.37 bits per heavy atom. The van der Waals surface area contributed by atoms with Gasteiger partial charge in [-0.15, -0.1) is 0 Å². The molecule has 0 aromatic heterocycles. The number of piperazine rings is 1. The van der Waals surface area contributed by atoms with Crippen LogP contribution in [0, 0.1) is 5.92 Å². The third-order valence-corrected chi connectivity index (χ3v) is 8.96. The molecule has 2 fully saturated rings. The van der Waals surface area contributed by atoms with E-state index < -0.39 is 27.7 Å². The van der Waals surface area contributed by atoms with E-state index in [1.807, 2.05) is 4.90 Å². The van der Waals surface area contributed by atoms with Crippen LogP contribution in [-0.4, -0.2) is 62.8 Å². The number of carbonyl (C=O) groups excluding carboxylic acids is 1. The number of amides is 1. The van der Waals surface area contributed by atoms with Gasteiger partial charge in [0.25, 0.3) is 0 Å². The van der Waals surface area contributed by atoms with Crippen molar-refractivity contribution in [1.29, 1.82) is 0 Å². The van der Waals surface area contributed by atoms with Crippen LogP contribution in [-0.2, 0) is 21.0 Å². The van der Waals surface area contributed by atoms with Crippen LogP contribution in [0.2, 0.25) is 10.0 Å². The SMILES string of the molecule is O=C([C@@H]1CCCN(S(=O)(=O)c2cc(Cl)ccc2Cl)C1)N1CCN(c2cccc(C(F)(F)F)c2)CC1. The Bertz CT molecular complexity index is 1200. The lowest BCUT2D eigenvalue weighted by Gasteiger charge is -2.39. The Balaban J connectivity index is 1.40. The minimum atomic E-state index is -4.42. The maximum absolute atomic E-state index is 13.2. The van der Waals surface area contributed by atoms with Crippen LogP contribution in [0.4, 0.5) is 18.9 Å². The summed E-state index contributed by atoms with van der Waals surface area (Å²) < 4.78 is 66.7. The summed E-state index contributed by atoms with van der Waals surface area (Å²) in [5.41, 5.74) is -0.253. The van der Waals surface area contributed by atoms with Crippen molar-refractivity contribution in [3.63, 3.8) is 0 Å². The Morgan fingerprint density at radius 2 is 1.69 bits per heavy atom. The van der Waals surface area contributed by atoms with Crippen molar-refractivity contribution in [3.05, 3.63) is 58.1 Å². The molecule has 2 aliphatic heterocycles. The molecule has 12 heteroatoms. The van der Waals surface area contributed by atoms with Gasteiger partial charge in [0, 0.05) is 50.0 Å². The first-order chi connectivity index (χ1) is 16.5. The Hall–Kier alpha value is -2.01. The number of hydrogen-bond acceptors (Lipinski definition) is 4. The number of alkyl halides is 3. The number of sulfonamides is 1. The average molecular weight is 550 g/mol. The lowest BCUT2D eigenvalue weighted by atomic mass is 9.97. The highest BCUT2D eigenvalue weighted by molar-refractivity contribution is 7.89. The van der Waals surface area contributed by atoms with Gasteiger partial charge in [-0.05, 0) is 49.2 Å². The van der Waals surface area contributed by atoms with Gasteiger partial charge in [0.15, 0.2) is 0 Å². The van der Waals surface area contributed by atoms with E-state index in [0.29, 0.717) is 44.7 Å². The molecule has 1 atom stereocenters. The highest BCUT2D eigenvalue weighted by atomic mass is 35.5. The molecule has 1 amide bonds. The quantitative estimate of drug-likeness (QED) is 0.551. The van der Waals surface area contributed by atoms with Crippen molar-refractivity contribution >= 4 is 44.8 Å². The predicted molar refractivity (Wildman–Crippen MR) is 128 cm³/mol. The molecule has 0 N–H and O–H groups in total. The molecule has 0 saturated carbocycles. The molecule has 0 unspecified atom stereocenters. The molecule has 6 nitrogen and oxygen atoms in total. The van der Waals surface area contributed by atoms with Crippen LogP contribution in [0.3, 0.4) is 0 Å². The lowest BCUT2D eigenvalue weighted by Crippen LogP contribution is -2.53. The van der Waals surface area contributed by atoms with Gasteiger partial charge in [-0.25, -0.2) is 8.42 Å². The fourth-order valence-corrected chi connectivity index (χ4v) is 6.76. The number of benzene rings is 2. The van der Waals surface area contributed by atoms with Gasteiger partial charge in [-0.1, -0.05) is 29.3 Å². The molecule has 0 radical (unpaired) electrons. The largest absolute Gasteiger partial charge is 0.416 e. The predicted octanol–water partition coefficient (Wildman–Crippen LogP) is 4.76. The number of carbonyl (C=O) groups is 1. The van der Waals surface area contributed by atoms with Crippen molar-refractivity contribution in [2.45, 2.75) is 23.9 Å². The van der Waals surface area contributed by atoms with Gasteiger partial charge in [0.2, 0.25) is 15.9 Å². The molecule has 4 rings (SSSR count). The third kappa shape index (κ3) is 5.71. The fourth-order valence-electron chi connectivity index (χ4n) is 4.50. The normalized spacial score (nSPS) is 20.2. The second kappa shape index (κ2) is 10.2. The Morgan fingerprint density at radius 1 is 0.971 bits per heavy atom. The fraction of sp³-hybridized carbons (Fsp3) is 0.435. The van der Waals surface area contributed by atoms with Gasteiger partial charge in [0.05, 0.1) is 16.5 Å². The Kier molecular flexibility index (Phi) is 7.57. The van der Waals surface area contributed by atoms with Crippen LogP contribution in [0.25, 0.3) is 0 Å². The zero-order valence-electron chi connectivity index (χ0n) is 18.6. The second-order valence-corrected chi connectivity index (χ2v) is 11.4. The molecule has 0 bridgehead atoms. The minimum Gasteiger partial charge on any atom is -0.368 e. The lowest BCUT2D eigenvalue weighted by molar-refractivity contribution is -0.137. The first kappa shape index (κ1) is 26.1. The Labute approximate surface area is 212 Å². The number of rotatable bonds is 4. The van der Waals surface area contributed by atoms with Crippen LogP contribution < -0.4 is 4.90 Å². The molecule has 2 aromatic rings. The molecule has 0 aliphatic carbocycles. The summed E-state index contributed by atoms with van der Waals surface area (Å²) in [6.45, 7) is 1.78. The van der Waals surface area contributed by atoms with E-state index in [1.165, 1.54) is 28.6 Å². The van der Waals surface area contributed by atoms with Gasteiger partial charge < -0.3 is 9.80 Å². The highest BCUT2D eigenvalue weighted by Crippen LogP contribution is 2.33. The number of anilines is 1. The molecule has 2 saturated heterocycles. The molecule has 0 spiro atoms. The van der Waals surface area contributed by atoms with E-state index in [2.05, 4.69) is 0 Å². The molecular weight excluding hydrogens is 526 g/mol. The molecule has 2 heterocycles. The first-order valence-electron chi connectivity index (χ1n) is 11.1. The van der Waals surface area contributed by atoms with Crippen molar-refractivity contribution in [3.8, 4) is 0 Å². The van der Waals surface area contributed by atoms with Crippen molar-refractivity contribution in [2.75, 3.05) is 44.2 Å². The van der Waals surface area contributed by atoms with E-state index in [0.717, 1.165) is 12.1 Å². The number of hydrogen-bond donors (Lipinski definition) is 0. The van der Waals surface area contributed by atoms with E-state index in [-0.39, 0.29) is 33.9 Å². The van der Waals surface area contributed by atoms with Crippen LogP contribution in [0.5, 0.6) is 0 Å². The average Bonchev–Trinajstić information content (AvgIpc) is 2.85. The molecule has 35 heavy (non-hydrogen) atoms. The monoisotopic (exact) mass is 549 g/mol. The number of piperidine rings is 1. The zero-order chi connectivity index (χ0) is 25.4. The summed E-state index contributed by atoms with van der Waals surface area (Å²) in [5, 5.41) is 0.310. The van der Waals surface area contributed by atoms with E-state index >= 15 is 0 Å². The van der Waals surface area contributed by atoms with Crippen molar-refractivity contribution in [2.24, 2.45) is 5.92 Å². The van der Waals surface area contributed by atoms with Crippen LogP contribution in [0.1, 0.15) is 18.4 Å². The maximum atomic E-state index is 13.2. The minimum absolute atomic E-state index is 0.0395. The van der Waals surface area contributed by atoms with Crippen LogP contribution >= 0.6 is 23.2 Å². The molecule has 190 valence electrons. The summed E-state index contributed by atoms with van der Waals surface area (Å²) >= 11 is 12.1. The molecule has 2 aromatic carbocycles. The smallest absolute Gasteiger partial charge is 0.368 e. The summed E-state index contributed by atoms with van der Waals surface area (Å²) in [6.07, 6.45) is -3.34. The van der Waals surface area contributed by atoms with Gasteiger partial charge in [-0.2, -0.15) is 17.5 Å². The highest BCUT2D eigenvalue weighted by Gasteiger charge is 2.37. The second-order valence-electron chi connectivity index (χ2n) is 8.64. The van der Waals surface area contributed by atoms with Gasteiger partial charge >= 0.3 is 6.18 Å². The maximum Gasteiger partial charge on any atom is 0.416 e. The standard InChI is InChI=1S/C23H24Cl2F3N3O3S/c24-18-6-7-20(25)21(14-18)35(33,34)31-8-2-3-16(15-31)22(32)30-11-9-29(10-12-30)19-5-1-4-17(13-19)23(26,27)28/h1,4-7,13-14,16H,2-3,8-12,15H2/t16-/m1/s1. The van der Waals surface area contributed by atoms with Gasteiger partial charge in [0.1, 0.15) is 4.90 Å². The molecular formula is C23H24Cl2F3N3O3S. The third-order valence-electron chi connectivity index (χ3n) is 6.37. The van der Waals surface area contributed by atoms with Gasteiger partial charge in [-0.3, -0.25) is 4.79 Å². The van der Waals surface area contributed by atoms with E-state index in [9.17, 15) is 26.4 Å². The van der Waals surface area contributed by atoms with E-state index in [4.69, 9.17) is 23.2 Å². The topological polar surface area (TPSA) is 60.9 Å². The summed E-state index contributed by atoms with van der Waals surface area (Å²) in [6, 6.07) is 9.37.